The molecule has 8 atom stereocenters. The van der Waals surface area contributed by atoms with Crippen molar-refractivity contribution in [3.8, 4) is 0 Å². The highest BCUT2D eigenvalue weighted by molar-refractivity contribution is 5.96. The summed E-state index contributed by atoms with van der Waals surface area (Å²) in [5.74, 6) is 3.05. The van der Waals surface area contributed by atoms with Gasteiger partial charge in [0.25, 0.3) is 0 Å². The second kappa shape index (κ2) is 8.38. The molecule has 0 heterocycles. The Morgan fingerprint density at radius 3 is 2.36 bits per heavy atom. The van der Waals surface area contributed by atoms with Crippen LogP contribution in [-0.4, -0.2) is 22.1 Å². The van der Waals surface area contributed by atoms with Crippen molar-refractivity contribution in [1.29, 1.82) is 0 Å². The van der Waals surface area contributed by atoms with Crippen LogP contribution in [0.5, 0.6) is 0 Å². The number of aliphatic hydroxyl groups excluding tert-OH is 1. The lowest BCUT2D eigenvalue weighted by Crippen LogP contribution is -2.58. The van der Waals surface area contributed by atoms with Gasteiger partial charge < -0.3 is 10.3 Å². The minimum atomic E-state index is -0.202. The minimum absolute atomic E-state index is 0.0479. The molecule has 0 radical (unpaired) electrons. The first-order chi connectivity index (χ1) is 15.3. The Labute approximate surface area is 203 Å². The standard InChI is InChI=1S/C30H51NO2/c1-19(2)10-9-11-20(3)23-18-25(31-33)30(8)22-12-13-24-27(4,5)26(32)15-16-28(24,6)21(22)14-17-29(23,30)7/h12,19-21,23-24,26,32-33H,9-11,13-18H2,1-8H3/t20-,21+,23-,24?,26+,28-,29-,30-/m1/s1. The lowest BCUT2D eigenvalue weighted by molar-refractivity contribution is -0.128. The van der Waals surface area contributed by atoms with Gasteiger partial charge in [-0.15, -0.1) is 0 Å². The smallest absolute Gasteiger partial charge is 0.0678 e. The Balaban J connectivity index is 1.69. The Morgan fingerprint density at radius 2 is 1.73 bits per heavy atom. The molecule has 3 heteroatoms. The molecule has 0 aliphatic heterocycles. The lowest BCUT2D eigenvalue weighted by atomic mass is 9.41. The van der Waals surface area contributed by atoms with Crippen LogP contribution in [0, 0.1) is 51.2 Å². The molecule has 0 aromatic carbocycles. The van der Waals surface area contributed by atoms with Crippen LogP contribution in [0.4, 0.5) is 0 Å². The highest BCUT2D eigenvalue weighted by atomic mass is 16.4. The molecular formula is C30H51NO2. The third-order valence-electron chi connectivity index (χ3n) is 12.0. The number of rotatable bonds is 5. The van der Waals surface area contributed by atoms with Crippen molar-refractivity contribution in [3.05, 3.63) is 11.6 Å². The van der Waals surface area contributed by atoms with Gasteiger partial charge in [0.15, 0.2) is 0 Å². The van der Waals surface area contributed by atoms with Gasteiger partial charge in [0.2, 0.25) is 0 Å². The summed E-state index contributed by atoms with van der Waals surface area (Å²) in [4.78, 5) is 0. The molecule has 33 heavy (non-hydrogen) atoms. The first-order valence-electron chi connectivity index (χ1n) is 13.9. The molecule has 0 bridgehead atoms. The second-order valence-corrected chi connectivity index (χ2v) is 14.1. The summed E-state index contributed by atoms with van der Waals surface area (Å²) in [6.45, 7) is 19.2. The highest BCUT2D eigenvalue weighted by Gasteiger charge is 2.67. The molecule has 2 N–H and O–H groups in total. The number of nitrogens with zero attached hydrogens (tertiary/aromatic N) is 1. The second-order valence-electron chi connectivity index (χ2n) is 14.1. The van der Waals surface area contributed by atoms with Gasteiger partial charge >= 0.3 is 0 Å². The van der Waals surface area contributed by atoms with Crippen LogP contribution in [0.2, 0.25) is 0 Å². The van der Waals surface area contributed by atoms with Gasteiger partial charge in [-0.1, -0.05) is 84.5 Å². The maximum absolute atomic E-state index is 10.8. The van der Waals surface area contributed by atoms with E-state index in [1.165, 1.54) is 32.1 Å². The average Bonchev–Trinajstić information content (AvgIpc) is 2.98. The molecule has 3 nitrogen and oxygen atoms in total. The van der Waals surface area contributed by atoms with Crippen LogP contribution in [0.3, 0.4) is 0 Å². The van der Waals surface area contributed by atoms with E-state index in [0.29, 0.717) is 23.7 Å². The fraction of sp³-hybridized carbons (Fsp3) is 0.900. The Kier molecular flexibility index (Phi) is 6.42. The highest BCUT2D eigenvalue weighted by Crippen LogP contribution is 2.72. The van der Waals surface area contributed by atoms with E-state index in [0.717, 1.165) is 37.3 Å². The summed E-state index contributed by atoms with van der Waals surface area (Å²) < 4.78 is 0. The van der Waals surface area contributed by atoms with Crippen LogP contribution in [0.15, 0.2) is 16.8 Å². The minimum Gasteiger partial charge on any atom is -0.411 e. The summed E-state index contributed by atoms with van der Waals surface area (Å²) in [5.41, 5.74) is 2.80. The summed E-state index contributed by atoms with van der Waals surface area (Å²) in [7, 11) is 0. The predicted molar refractivity (Wildman–Crippen MR) is 137 cm³/mol. The van der Waals surface area contributed by atoms with E-state index in [9.17, 15) is 10.3 Å². The maximum Gasteiger partial charge on any atom is 0.0678 e. The van der Waals surface area contributed by atoms with E-state index < -0.39 is 0 Å². The molecule has 0 aromatic rings. The SMILES string of the molecule is CC(C)CCC[C@@H](C)[C@H]1CC(=NO)[C@@]2(C)C3=CCC4C(C)(C)[C@@H](O)CC[C@]4(C)[C@H]3CC[C@]12C. The Hall–Kier alpha value is -0.830. The number of hydrogen-bond donors (Lipinski definition) is 2. The van der Waals surface area contributed by atoms with Crippen molar-refractivity contribution < 1.29 is 10.3 Å². The zero-order valence-electron chi connectivity index (χ0n) is 22.7. The molecule has 4 rings (SSSR count). The van der Waals surface area contributed by atoms with E-state index in [1.54, 1.807) is 5.57 Å². The summed E-state index contributed by atoms with van der Waals surface area (Å²) in [6, 6.07) is 0. The number of fused-ring (bicyclic) bond motifs is 5. The van der Waals surface area contributed by atoms with Crippen LogP contribution in [0.25, 0.3) is 0 Å². The molecule has 3 fully saturated rings. The Bertz CT molecular complexity index is 812. The molecular weight excluding hydrogens is 406 g/mol. The number of aliphatic hydroxyl groups is 1. The number of allylic oxidation sites excluding steroid dienone is 2. The molecule has 0 spiro atoms. The summed E-state index contributed by atoms with van der Waals surface area (Å²) in [5, 5.41) is 25.1. The number of hydrogen-bond acceptors (Lipinski definition) is 3. The summed E-state index contributed by atoms with van der Waals surface area (Å²) >= 11 is 0. The Morgan fingerprint density at radius 1 is 1.03 bits per heavy atom. The van der Waals surface area contributed by atoms with Gasteiger partial charge in [0, 0.05) is 5.41 Å². The molecule has 0 saturated heterocycles. The zero-order chi connectivity index (χ0) is 24.4. The monoisotopic (exact) mass is 457 g/mol. The van der Waals surface area contributed by atoms with E-state index in [2.05, 4.69) is 66.6 Å². The third kappa shape index (κ3) is 3.49. The van der Waals surface area contributed by atoms with Crippen molar-refractivity contribution in [2.75, 3.05) is 0 Å². The number of oxime groups is 1. The van der Waals surface area contributed by atoms with Crippen molar-refractivity contribution in [3.63, 3.8) is 0 Å². The lowest BCUT2D eigenvalue weighted by Gasteiger charge is -2.64. The van der Waals surface area contributed by atoms with Crippen LogP contribution in [0.1, 0.15) is 113 Å². The van der Waals surface area contributed by atoms with Gasteiger partial charge in [0.05, 0.1) is 11.8 Å². The quantitative estimate of drug-likeness (QED) is 0.251. The summed E-state index contributed by atoms with van der Waals surface area (Å²) in [6.07, 6.45) is 12.7. The molecule has 1 unspecified atom stereocenters. The molecule has 4 aliphatic carbocycles. The van der Waals surface area contributed by atoms with Crippen LogP contribution in [-0.2, 0) is 0 Å². The first-order valence-corrected chi connectivity index (χ1v) is 13.9. The van der Waals surface area contributed by atoms with Gasteiger partial charge in [0.1, 0.15) is 0 Å². The van der Waals surface area contributed by atoms with E-state index in [4.69, 9.17) is 0 Å². The normalized spacial score (nSPS) is 46.5. The van der Waals surface area contributed by atoms with Gasteiger partial charge in [-0.2, -0.15) is 0 Å². The van der Waals surface area contributed by atoms with Crippen molar-refractivity contribution in [2.24, 2.45) is 56.4 Å². The molecule has 4 aliphatic rings. The molecule has 0 aromatic heterocycles. The first kappa shape index (κ1) is 25.3. The fourth-order valence-corrected chi connectivity index (χ4v) is 9.58. The maximum atomic E-state index is 10.8. The molecule has 188 valence electrons. The van der Waals surface area contributed by atoms with Crippen molar-refractivity contribution in [1.82, 2.24) is 0 Å². The molecule has 0 amide bonds. The van der Waals surface area contributed by atoms with Crippen molar-refractivity contribution >= 4 is 5.71 Å². The topological polar surface area (TPSA) is 52.8 Å². The average molecular weight is 458 g/mol. The van der Waals surface area contributed by atoms with Crippen molar-refractivity contribution in [2.45, 2.75) is 119 Å². The fourth-order valence-electron chi connectivity index (χ4n) is 9.58. The molecule has 3 saturated carbocycles. The van der Waals surface area contributed by atoms with E-state index in [1.807, 2.05) is 0 Å². The van der Waals surface area contributed by atoms with Crippen LogP contribution < -0.4 is 0 Å². The zero-order valence-corrected chi connectivity index (χ0v) is 22.7. The largest absolute Gasteiger partial charge is 0.411 e. The van der Waals surface area contributed by atoms with E-state index >= 15 is 0 Å². The van der Waals surface area contributed by atoms with Gasteiger partial charge in [-0.05, 0) is 91.3 Å². The van der Waals surface area contributed by atoms with E-state index in [-0.39, 0.29) is 27.8 Å². The predicted octanol–water partition coefficient (Wildman–Crippen LogP) is 7.86. The van der Waals surface area contributed by atoms with Gasteiger partial charge in [-0.25, -0.2) is 0 Å². The third-order valence-corrected chi connectivity index (χ3v) is 12.0. The van der Waals surface area contributed by atoms with Crippen LogP contribution >= 0.6 is 0 Å². The van der Waals surface area contributed by atoms with Gasteiger partial charge in [-0.3, -0.25) is 0 Å².